The monoisotopic (exact) mass is 457 g/mol. The van der Waals surface area contributed by atoms with Crippen molar-refractivity contribution in [2.45, 2.75) is 36.9 Å². The molecule has 0 aliphatic carbocycles. The molecule has 2 N–H and O–H groups in total. The number of H-pyrrole nitrogens is 1. The fraction of sp³-hybridized carbons (Fsp3) is 0.647. The minimum atomic E-state index is -3.74. The number of sulfonamides is 1. The lowest BCUT2D eigenvalue weighted by molar-refractivity contribution is 0.0595. The lowest BCUT2D eigenvalue weighted by atomic mass is 10.0. The molecular weight excluding hydrogens is 434 g/mol. The lowest BCUT2D eigenvalue weighted by Gasteiger charge is -2.30. The van der Waals surface area contributed by atoms with Crippen molar-refractivity contribution < 1.29 is 13.2 Å². The van der Waals surface area contributed by atoms with E-state index in [9.17, 15) is 13.2 Å². The van der Waals surface area contributed by atoms with Crippen LogP contribution in [-0.2, 0) is 14.8 Å². The Balaban J connectivity index is 1.40. The molecule has 2 aliphatic rings. The van der Waals surface area contributed by atoms with Gasteiger partial charge < -0.3 is 10.1 Å². The summed E-state index contributed by atoms with van der Waals surface area (Å²) in [5, 5.41) is 13.4. The number of hydrogen-bond donors (Lipinski definition) is 2. The summed E-state index contributed by atoms with van der Waals surface area (Å²) in [6, 6.07) is -0.227. The van der Waals surface area contributed by atoms with Crippen LogP contribution in [-0.4, -0.2) is 70.5 Å². The van der Waals surface area contributed by atoms with E-state index >= 15 is 0 Å². The van der Waals surface area contributed by atoms with E-state index in [2.05, 4.69) is 25.6 Å². The quantitative estimate of drug-likeness (QED) is 0.652. The number of aromatic nitrogens is 5. The second-order valence-electron chi connectivity index (χ2n) is 7.50. The number of hydrogen-bond acceptors (Lipinski definition) is 8. The summed E-state index contributed by atoms with van der Waals surface area (Å²) in [4.78, 5) is 16.5. The number of aromatic amines is 1. The maximum Gasteiger partial charge on any atom is 0.287 e. The Morgan fingerprint density at radius 2 is 2.10 bits per heavy atom. The van der Waals surface area contributed by atoms with Crippen molar-refractivity contribution in [2.75, 3.05) is 38.2 Å². The molecule has 0 saturated carbocycles. The van der Waals surface area contributed by atoms with Crippen molar-refractivity contribution in [3.63, 3.8) is 0 Å². The van der Waals surface area contributed by atoms with Crippen molar-refractivity contribution in [2.24, 2.45) is 5.92 Å². The van der Waals surface area contributed by atoms with Gasteiger partial charge in [0.15, 0.2) is 0 Å². The average molecular weight is 458 g/mol. The zero-order valence-corrected chi connectivity index (χ0v) is 17.9. The van der Waals surface area contributed by atoms with Gasteiger partial charge in [-0.3, -0.25) is 9.89 Å². The number of anilines is 1. The normalized spacial score (nSPS) is 21.6. The minimum absolute atomic E-state index is 0.0949. The SMILES string of the molecule is O=c1c(Cl)c(NC[C@H]2CCCOC2)cnn1C1CCN(S(=O)(=O)c2nc[nH]n2)CC1. The van der Waals surface area contributed by atoms with E-state index in [0.717, 1.165) is 19.4 Å². The molecule has 2 aliphatic heterocycles. The van der Waals surface area contributed by atoms with E-state index in [1.54, 1.807) is 6.20 Å². The van der Waals surface area contributed by atoms with Crippen molar-refractivity contribution in [1.82, 2.24) is 29.3 Å². The first-order valence-electron chi connectivity index (χ1n) is 9.91. The van der Waals surface area contributed by atoms with Gasteiger partial charge in [0, 0.05) is 26.2 Å². The third kappa shape index (κ3) is 4.36. The number of rotatable bonds is 6. The van der Waals surface area contributed by atoms with Gasteiger partial charge in [-0.1, -0.05) is 11.6 Å². The third-order valence-corrected chi connectivity index (χ3v) is 7.58. The molecule has 30 heavy (non-hydrogen) atoms. The fourth-order valence-electron chi connectivity index (χ4n) is 3.81. The van der Waals surface area contributed by atoms with Gasteiger partial charge in [-0.05, 0) is 31.6 Å². The van der Waals surface area contributed by atoms with Crippen molar-refractivity contribution in [3.05, 3.63) is 27.9 Å². The van der Waals surface area contributed by atoms with Crippen LogP contribution in [0.5, 0.6) is 0 Å². The smallest absolute Gasteiger partial charge is 0.287 e. The molecule has 2 aromatic heterocycles. The standard InChI is InChI=1S/C17H24ClN7O4S/c18-15-14(19-8-12-2-1-7-29-10-12)9-22-25(16(15)26)13-3-5-24(6-4-13)30(27,28)17-20-11-21-23-17/h9,11-13,19H,1-8,10H2,(H,20,21,23)/t12-/m1/s1. The number of piperidine rings is 1. The molecule has 4 rings (SSSR count). The van der Waals surface area contributed by atoms with Crippen molar-refractivity contribution in [3.8, 4) is 0 Å². The summed E-state index contributed by atoms with van der Waals surface area (Å²) < 4.78 is 33.2. The summed E-state index contributed by atoms with van der Waals surface area (Å²) in [6.07, 6.45) is 5.78. The Kier molecular flexibility index (Phi) is 6.37. The molecule has 1 atom stereocenters. The number of nitrogens with zero attached hydrogens (tertiary/aromatic N) is 5. The molecule has 2 fully saturated rings. The molecule has 0 bridgehead atoms. The molecule has 0 aromatic carbocycles. The zero-order valence-electron chi connectivity index (χ0n) is 16.3. The van der Waals surface area contributed by atoms with Crippen LogP contribution >= 0.6 is 11.6 Å². The first-order valence-corrected chi connectivity index (χ1v) is 11.7. The van der Waals surface area contributed by atoms with Crippen molar-refractivity contribution >= 4 is 27.3 Å². The second-order valence-corrected chi connectivity index (χ2v) is 9.71. The van der Waals surface area contributed by atoms with Gasteiger partial charge in [0.25, 0.3) is 20.7 Å². The summed E-state index contributed by atoms with van der Waals surface area (Å²) >= 11 is 6.31. The van der Waals surface area contributed by atoms with Gasteiger partial charge in [0.2, 0.25) is 0 Å². The molecule has 4 heterocycles. The molecule has 0 unspecified atom stereocenters. The molecule has 13 heteroatoms. The largest absolute Gasteiger partial charge is 0.382 e. The van der Waals surface area contributed by atoms with Gasteiger partial charge >= 0.3 is 0 Å². The van der Waals surface area contributed by atoms with Crippen LogP contribution in [0.1, 0.15) is 31.7 Å². The maximum absolute atomic E-state index is 12.8. The maximum atomic E-state index is 12.8. The van der Waals surface area contributed by atoms with Crippen LogP contribution in [0.3, 0.4) is 0 Å². The third-order valence-electron chi connectivity index (χ3n) is 5.51. The lowest BCUT2D eigenvalue weighted by Crippen LogP contribution is -2.41. The topological polar surface area (TPSA) is 135 Å². The van der Waals surface area contributed by atoms with E-state index in [0.29, 0.717) is 37.6 Å². The first-order chi connectivity index (χ1) is 14.5. The van der Waals surface area contributed by atoms with Crippen LogP contribution in [0.4, 0.5) is 5.69 Å². The van der Waals surface area contributed by atoms with E-state index < -0.39 is 10.0 Å². The Bertz CT molecular complexity index is 1010. The van der Waals surface area contributed by atoms with Gasteiger partial charge in [-0.25, -0.2) is 18.1 Å². The summed E-state index contributed by atoms with van der Waals surface area (Å²) in [5.41, 5.74) is 0.130. The predicted molar refractivity (Wildman–Crippen MR) is 109 cm³/mol. The van der Waals surface area contributed by atoms with E-state index in [1.165, 1.54) is 15.3 Å². The summed E-state index contributed by atoms with van der Waals surface area (Å²) in [7, 11) is -3.74. The Hall–Kier alpha value is -2.02. The Morgan fingerprint density at radius 3 is 2.77 bits per heavy atom. The average Bonchev–Trinajstić information content (AvgIpc) is 3.32. The number of nitrogens with one attached hydrogen (secondary N) is 2. The molecular formula is C17H24ClN7O4S. The Labute approximate surface area is 178 Å². The van der Waals surface area contributed by atoms with Crippen LogP contribution < -0.4 is 10.9 Å². The molecule has 11 nitrogen and oxygen atoms in total. The molecule has 2 saturated heterocycles. The highest BCUT2D eigenvalue weighted by molar-refractivity contribution is 7.88. The van der Waals surface area contributed by atoms with Gasteiger partial charge in [-0.2, -0.15) is 9.40 Å². The van der Waals surface area contributed by atoms with E-state index in [1.807, 2.05) is 0 Å². The minimum Gasteiger partial charge on any atom is -0.382 e. The van der Waals surface area contributed by atoms with Crippen LogP contribution in [0.2, 0.25) is 5.02 Å². The van der Waals surface area contributed by atoms with E-state index in [4.69, 9.17) is 16.3 Å². The van der Waals surface area contributed by atoms with Crippen LogP contribution in [0, 0.1) is 5.92 Å². The molecule has 0 amide bonds. The number of halogens is 1. The first kappa shape index (κ1) is 21.2. The van der Waals surface area contributed by atoms with Gasteiger partial charge in [-0.15, -0.1) is 5.10 Å². The van der Waals surface area contributed by atoms with Crippen LogP contribution in [0.25, 0.3) is 0 Å². The van der Waals surface area contributed by atoms with Crippen molar-refractivity contribution in [1.29, 1.82) is 0 Å². The van der Waals surface area contributed by atoms with Gasteiger partial charge in [0.05, 0.1) is 24.5 Å². The highest BCUT2D eigenvalue weighted by atomic mass is 35.5. The highest BCUT2D eigenvalue weighted by Crippen LogP contribution is 2.26. The van der Waals surface area contributed by atoms with Crippen LogP contribution in [0.15, 0.2) is 22.5 Å². The summed E-state index contributed by atoms with van der Waals surface area (Å²) in [6.45, 7) is 2.66. The molecule has 164 valence electrons. The van der Waals surface area contributed by atoms with Gasteiger partial charge in [0.1, 0.15) is 11.3 Å². The zero-order chi connectivity index (χ0) is 21.1. The molecule has 2 aromatic rings. The predicted octanol–water partition coefficient (Wildman–Crippen LogP) is 0.879. The second kappa shape index (κ2) is 9.00. The number of ether oxygens (including phenoxy) is 1. The Morgan fingerprint density at radius 1 is 1.30 bits per heavy atom. The molecule has 0 radical (unpaired) electrons. The molecule has 0 spiro atoms. The fourth-order valence-corrected chi connectivity index (χ4v) is 5.29. The highest BCUT2D eigenvalue weighted by Gasteiger charge is 2.33. The van der Waals surface area contributed by atoms with E-state index in [-0.39, 0.29) is 34.9 Å². The summed E-state index contributed by atoms with van der Waals surface area (Å²) in [5.74, 6) is 0.382.